The molecule has 0 N–H and O–H groups in total. The number of ether oxygens (including phenoxy) is 2. The zero-order chi connectivity index (χ0) is 20.6. The van der Waals surface area contributed by atoms with Crippen LogP contribution in [-0.2, 0) is 6.61 Å². The second-order valence-electron chi connectivity index (χ2n) is 6.66. The molecule has 2 aromatic carbocycles. The van der Waals surface area contributed by atoms with Gasteiger partial charge in [-0.05, 0) is 43.7 Å². The Morgan fingerprint density at radius 2 is 1.93 bits per heavy atom. The van der Waals surface area contributed by atoms with Crippen molar-refractivity contribution in [2.45, 2.75) is 33.3 Å². The van der Waals surface area contributed by atoms with Crippen LogP contribution in [0.15, 0.2) is 53.9 Å². The van der Waals surface area contributed by atoms with Crippen LogP contribution in [0.3, 0.4) is 0 Å². The van der Waals surface area contributed by atoms with E-state index in [1.807, 2.05) is 47.5 Å². The molecular weight excluding hydrogens is 384 g/mol. The number of rotatable bonds is 9. The largest absolute Gasteiger partial charge is 0.493 e. The Balaban J connectivity index is 1.80. The van der Waals surface area contributed by atoms with Crippen LogP contribution in [0.5, 0.6) is 11.5 Å². The van der Waals surface area contributed by atoms with E-state index in [1.54, 1.807) is 36.6 Å². The highest BCUT2D eigenvalue weighted by Crippen LogP contribution is 2.30. The monoisotopic (exact) mass is 410 g/mol. The molecule has 0 radical (unpaired) electrons. The summed E-state index contributed by atoms with van der Waals surface area (Å²) in [5.41, 5.74) is 2.34. The van der Waals surface area contributed by atoms with E-state index in [4.69, 9.17) is 9.47 Å². The van der Waals surface area contributed by atoms with Gasteiger partial charge in [0.25, 0.3) is 5.91 Å². The maximum atomic E-state index is 13.2. The third-order valence-electron chi connectivity index (χ3n) is 4.50. The average Bonchev–Trinajstić information content (AvgIpc) is 3.18. The summed E-state index contributed by atoms with van der Waals surface area (Å²) in [7, 11) is 1.58. The fraction of sp³-hybridized carbons (Fsp3) is 0.304. The quantitative estimate of drug-likeness (QED) is 0.468. The summed E-state index contributed by atoms with van der Waals surface area (Å²) in [4.78, 5) is 19.5. The SMILES string of the molecule is CCCCN(C(=O)c1ccc(OCc2csc(C)n2)c(OC)c1)c1ccccc1. The summed E-state index contributed by atoms with van der Waals surface area (Å²) in [5.74, 6) is 1.07. The summed E-state index contributed by atoms with van der Waals surface area (Å²) in [6, 6.07) is 15.1. The zero-order valence-corrected chi connectivity index (χ0v) is 17.9. The maximum Gasteiger partial charge on any atom is 0.258 e. The number of anilines is 1. The number of carbonyl (C=O) groups is 1. The Bertz CT molecular complexity index is 940. The summed E-state index contributed by atoms with van der Waals surface area (Å²) in [5, 5.41) is 2.98. The lowest BCUT2D eigenvalue weighted by Gasteiger charge is -2.23. The second kappa shape index (κ2) is 10.1. The minimum Gasteiger partial charge on any atom is -0.493 e. The van der Waals surface area contributed by atoms with E-state index in [1.165, 1.54) is 0 Å². The number of carbonyl (C=O) groups excluding carboxylic acids is 1. The Morgan fingerprint density at radius 3 is 2.59 bits per heavy atom. The van der Waals surface area contributed by atoms with Gasteiger partial charge in [-0.15, -0.1) is 11.3 Å². The van der Waals surface area contributed by atoms with Crippen LogP contribution in [0.25, 0.3) is 0 Å². The number of unbranched alkanes of at least 4 members (excludes halogenated alkanes) is 1. The van der Waals surface area contributed by atoms with Crippen molar-refractivity contribution in [1.29, 1.82) is 0 Å². The molecule has 0 aliphatic rings. The van der Waals surface area contributed by atoms with Gasteiger partial charge < -0.3 is 14.4 Å². The van der Waals surface area contributed by atoms with E-state index in [0.29, 0.717) is 30.2 Å². The van der Waals surface area contributed by atoms with Gasteiger partial charge >= 0.3 is 0 Å². The molecule has 6 heteroatoms. The van der Waals surface area contributed by atoms with Crippen LogP contribution in [0, 0.1) is 6.92 Å². The molecule has 0 unspecified atom stereocenters. The first-order valence-corrected chi connectivity index (χ1v) is 10.6. The molecular formula is C23H26N2O3S. The number of aromatic nitrogens is 1. The molecule has 3 rings (SSSR count). The number of benzene rings is 2. The second-order valence-corrected chi connectivity index (χ2v) is 7.72. The van der Waals surface area contributed by atoms with Crippen LogP contribution in [0.2, 0.25) is 0 Å². The number of thiazole rings is 1. The fourth-order valence-electron chi connectivity index (χ4n) is 2.97. The number of hydrogen-bond donors (Lipinski definition) is 0. The fourth-order valence-corrected chi connectivity index (χ4v) is 3.57. The minimum atomic E-state index is -0.0513. The van der Waals surface area contributed by atoms with Gasteiger partial charge in [-0.2, -0.15) is 0 Å². The number of aryl methyl sites for hydroxylation is 1. The van der Waals surface area contributed by atoms with Crippen molar-refractivity contribution in [3.8, 4) is 11.5 Å². The molecule has 3 aromatic rings. The van der Waals surface area contributed by atoms with Gasteiger partial charge in [0.05, 0.1) is 17.8 Å². The first-order valence-electron chi connectivity index (χ1n) is 9.71. The lowest BCUT2D eigenvalue weighted by molar-refractivity contribution is 0.0986. The Hall–Kier alpha value is -2.86. The first-order chi connectivity index (χ1) is 14.1. The summed E-state index contributed by atoms with van der Waals surface area (Å²) in [6.45, 7) is 5.11. The molecule has 1 amide bonds. The van der Waals surface area contributed by atoms with Gasteiger partial charge in [0, 0.05) is 23.2 Å². The van der Waals surface area contributed by atoms with Gasteiger partial charge in [-0.1, -0.05) is 31.5 Å². The minimum absolute atomic E-state index is 0.0513. The lowest BCUT2D eigenvalue weighted by atomic mass is 10.1. The smallest absolute Gasteiger partial charge is 0.258 e. The molecule has 5 nitrogen and oxygen atoms in total. The molecule has 152 valence electrons. The predicted molar refractivity (Wildman–Crippen MR) is 117 cm³/mol. The molecule has 0 bridgehead atoms. The van der Waals surface area contributed by atoms with E-state index in [9.17, 15) is 4.79 Å². The van der Waals surface area contributed by atoms with Crippen LogP contribution >= 0.6 is 11.3 Å². The van der Waals surface area contributed by atoms with Crippen LogP contribution < -0.4 is 14.4 Å². The molecule has 0 saturated heterocycles. The highest BCUT2D eigenvalue weighted by molar-refractivity contribution is 7.09. The predicted octanol–water partition coefficient (Wildman–Crippen LogP) is 5.49. The van der Waals surface area contributed by atoms with E-state index < -0.39 is 0 Å². The number of nitrogens with zero attached hydrogens (tertiary/aromatic N) is 2. The van der Waals surface area contributed by atoms with Crippen molar-refractivity contribution in [3.63, 3.8) is 0 Å². The van der Waals surface area contributed by atoms with Crippen molar-refractivity contribution in [2.24, 2.45) is 0 Å². The molecule has 0 fully saturated rings. The van der Waals surface area contributed by atoms with E-state index in [0.717, 1.165) is 29.2 Å². The van der Waals surface area contributed by atoms with Gasteiger partial charge in [-0.3, -0.25) is 4.79 Å². The van der Waals surface area contributed by atoms with Crippen molar-refractivity contribution in [1.82, 2.24) is 4.98 Å². The number of amides is 1. The van der Waals surface area contributed by atoms with E-state index >= 15 is 0 Å². The van der Waals surface area contributed by atoms with Crippen molar-refractivity contribution in [3.05, 3.63) is 70.2 Å². The van der Waals surface area contributed by atoms with E-state index in [-0.39, 0.29) is 5.91 Å². The molecule has 0 atom stereocenters. The summed E-state index contributed by atoms with van der Waals surface area (Å²) < 4.78 is 11.3. The third-order valence-corrected chi connectivity index (χ3v) is 5.32. The zero-order valence-electron chi connectivity index (χ0n) is 17.1. The Morgan fingerprint density at radius 1 is 1.14 bits per heavy atom. The Labute approximate surface area is 175 Å². The lowest BCUT2D eigenvalue weighted by Crippen LogP contribution is -2.31. The van der Waals surface area contributed by atoms with Gasteiger partial charge in [-0.25, -0.2) is 4.98 Å². The standard InChI is InChI=1S/C23H26N2O3S/c1-4-5-13-25(20-9-7-6-8-10-20)23(26)18-11-12-21(22(14-18)27-3)28-15-19-16-29-17(2)24-19/h6-12,14,16H,4-5,13,15H2,1-3H3. The van der Waals surface area contributed by atoms with Crippen LogP contribution in [0.4, 0.5) is 5.69 Å². The highest BCUT2D eigenvalue weighted by Gasteiger charge is 2.19. The molecule has 1 heterocycles. The van der Waals surface area contributed by atoms with Crippen LogP contribution in [0.1, 0.15) is 40.8 Å². The number of hydrogen-bond acceptors (Lipinski definition) is 5. The van der Waals surface area contributed by atoms with Crippen molar-refractivity contribution in [2.75, 3.05) is 18.6 Å². The van der Waals surface area contributed by atoms with Gasteiger partial charge in [0.2, 0.25) is 0 Å². The highest BCUT2D eigenvalue weighted by atomic mass is 32.1. The molecule has 0 spiro atoms. The molecule has 29 heavy (non-hydrogen) atoms. The molecule has 0 saturated carbocycles. The number of methoxy groups -OCH3 is 1. The first kappa shape index (κ1) is 20.9. The van der Waals surface area contributed by atoms with Crippen molar-refractivity contribution >= 4 is 22.9 Å². The van der Waals surface area contributed by atoms with Crippen molar-refractivity contribution < 1.29 is 14.3 Å². The Kier molecular flexibility index (Phi) is 7.25. The summed E-state index contributed by atoms with van der Waals surface area (Å²) >= 11 is 1.59. The van der Waals surface area contributed by atoms with Gasteiger partial charge in [0.1, 0.15) is 6.61 Å². The number of para-hydroxylation sites is 1. The van der Waals surface area contributed by atoms with E-state index in [2.05, 4.69) is 11.9 Å². The van der Waals surface area contributed by atoms with Gasteiger partial charge in [0.15, 0.2) is 11.5 Å². The summed E-state index contributed by atoms with van der Waals surface area (Å²) in [6.07, 6.45) is 1.95. The molecule has 1 aromatic heterocycles. The topological polar surface area (TPSA) is 51.7 Å². The molecule has 0 aliphatic carbocycles. The van der Waals surface area contributed by atoms with Crippen LogP contribution in [-0.4, -0.2) is 24.5 Å². The molecule has 0 aliphatic heterocycles. The normalized spacial score (nSPS) is 10.6. The third kappa shape index (κ3) is 5.35. The maximum absolute atomic E-state index is 13.2. The average molecular weight is 411 g/mol.